The quantitative estimate of drug-likeness (QED) is 0.154. The second-order valence-corrected chi connectivity index (χ2v) is 23.2. The van der Waals surface area contributed by atoms with Gasteiger partial charge in [0, 0.05) is 42.5 Å². The number of para-hydroxylation sites is 1. The first kappa shape index (κ1) is 44.7. The average Bonchev–Trinajstić information content (AvgIpc) is 3.87. The number of benzene rings is 10. The molecular formula is C69H59NS. The molecule has 11 aromatic rings. The van der Waals surface area contributed by atoms with Crippen LogP contribution in [0.5, 0.6) is 0 Å². The summed E-state index contributed by atoms with van der Waals surface area (Å²) in [6.07, 6.45) is 0. The molecule has 2 heteroatoms. The molecule has 0 atom stereocenters. The maximum Gasteiger partial charge on any atom is 0.0540 e. The summed E-state index contributed by atoms with van der Waals surface area (Å²) < 4.78 is 2.62. The number of anilines is 3. The fourth-order valence-corrected chi connectivity index (χ4v) is 12.4. The van der Waals surface area contributed by atoms with Crippen LogP contribution in [-0.4, -0.2) is 0 Å². The van der Waals surface area contributed by atoms with Crippen LogP contribution >= 0.6 is 11.3 Å². The first-order valence-electron chi connectivity index (χ1n) is 25.2. The maximum atomic E-state index is 2.48. The lowest BCUT2D eigenvalue weighted by Gasteiger charge is -2.29. The summed E-state index contributed by atoms with van der Waals surface area (Å²) in [6.45, 7) is 18.7. The Balaban J connectivity index is 1.05. The van der Waals surface area contributed by atoms with Crippen LogP contribution in [-0.2, 0) is 16.2 Å². The highest BCUT2D eigenvalue weighted by molar-refractivity contribution is 7.25. The molecule has 0 N–H and O–H groups in total. The Labute approximate surface area is 423 Å². The van der Waals surface area contributed by atoms with Crippen LogP contribution in [0, 0.1) is 0 Å². The highest BCUT2D eigenvalue weighted by atomic mass is 32.1. The monoisotopic (exact) mass is 933 g/mol. The molecule has 1 aromatic heterocycles. The summed E-state index contributed by atoms with van der Waals surface area (Å²) in [4.78, 5) is 2.48. The van der Waals surface area contributed by atoms with Crippen LogP contribution in [0.2, 0.25) is 0 Å². The zero-order valence-electron chi connectivity index (χ0n) is 42.1. The van der Waals surface area contributed by atoms with Crippen LogP contribution in [0.1, 0.15) is 77.6 Å². The summed E-state index contributed by atoms with van der Waals surface area (Å²) in [7, 11) is 0. The minimum absolute atomic E-state index is 0.00829. The van der Waals surface area contributed by atoms with E-state index in [4.69, 9.17) is 0 Å². The van der Waals surface area contributed by atoms with Crippen molar-refractivity contribution in [1.29, 1.82) is 0 Å². The van der Waals surface area contributed by atoms with Crippen molar-refractivity contribution in [2.24, 2.45) is 0 Å². The van der Waals surface area contributed by atoms with Crippen molar-refractivity contribution in [3.8, 4) is 55.6 Å². The summed E-state index contributed by atoms with van der Waals surface area (Å²) in [6, 6.07) is 80.0. The Kier molecular flexibility index (Phi) is 10.6. The normalized spacial score (nSPS) is 13.2. The van der Waals surface area contributed by atoms with E-state index in [1.807, 2.05) is 11.3 Å². The van der Waals surface area contributed by atoms with Gasteiger partial charge in [-0.05, 0) is 142 Å². The lowest BCUT2D eigenvalue weighted by molar-refractivity contribution is 0.569. The standard InChI is InChI=1S/C69H59NS/c1-67(2,3)49-39-48(40-50(43-49)68(4,5)6)54-26-16-19-45-20-17-28-58(65(45)54)57-24-10-13-30-62(57)70(52-22-15-21-47(41-52)53-27-18-32-64-66(53)59-25-11-14-31-63(59)71-64)51-36-33-44(34-37-51)46-35-38-56-55-23-9-12-29-60(55)69(7,8)61(56)42-46/h9-43H,1-8H3. The Morgan fingerprint density at radius 2 is 0.944 bits per heavy atom. The van der Waals surface area contributed by atoms with Gasteiger partial charge in [-0.1, -0.05) is 219 Å². The van der Waals surface area contributed by atoms with Gasteiger partial charge in [0.1, 0.15) is 0 Å². The summed E-state index contributed by atoms with van der Waals surface area (Å²) in [5.74, 6) is 0. The summed E-state index contributed by atoms with van der Waals surface area (Å²) >= 11 is 1.87. The minimum Gasteiger partial charge on any atom is -0.310 e. The molecule has 346 valence electrons. The highest BCUT2D eigenvalue weighted by Crippen LogP contribution is 2.51. The third kappa shape index (κ3) is 7.68. The molecule has 0 saturated heterocycles. The molecule has 0 bridgehead atoms. The lowest BCUT2D eigenvalue weighted by Crippen LogP contribution is -2.16. The van der Waals surface area contributed by atoms with Gasteiger partial charge in [-0.3, -0.25) is 0 Å². The van der Waals surface area contributed by atoms with Gasteiger partial charge >= 0.3 is 0 Å². The van der Waals surface area contributed by atoms with E-state index in [0.717, 1.165) is 17.1 Å². The third-order valence-electron chi connectivity index (χ3n) is 15.2. The summed E-state index contributed by atoms with van der Waals surface area (Å²) in [5, 5.41) is 5.10. The van der Waals surface area contributed by atoms with E-state index in [1.54, 1.807) is 0 Å². The Morgan fingerprint density at radius 1 is 0.366 bits per heavy atom. The Morgan fingerprint density at radius 3 is 1.69 bits per heavy atom. The van der Waals surface area contributed by atoms with E-state index in [0.29, 0.717) is 0 Å². The van der Waals surface area contributed by atoms with Crippen molar-refractivity contribution < 1.29 is 0 Å². The molecule has 1 nitrogen and oxygen atoms in total. The molecule has 1 aliphatic carbocycles. The second kappa shape index (κ2) is 16.8. The average molecular weight is 934 g/mol. The predicted octanol–water partition coefficient (Wildman–Crippen LogP) is 20.2. The molecule has 1 heterocycles. The molecule has 0 fully saturated rings. The van der Waals surface area contributed by atoms with Gasteiger partial charge < -0.3 is 4.90 Å². The number of rotatable bonds is 7. The van der Waals surface area contributed by atoms with Crippen LogP contribution < -0.4 is 4.90 Å². The van der Waals surface area contributed by atoms with E-state index in [9.17, 15) is 0 Å². The molecule has 71 heavy (non-hydrogen) atoms. The third-order valence-corrected chi connectivity index (χ3v) is 16.3. The van der Waals surface area contributed by atoms with Crippen molar-refractivity contribution in [2.45, 2.75) is 71.6 Å². The first-order valence-corrected chi connectivity index (χ1v) is 26.0. The van der Waals surface area contributed by atoms with E-state index in [2.05, 4.69) is 273 Å². The van der Waals surface area contributed by atoms with Gasteiger partial charge in [0.15, 0.2) is 0 Å². The predicted molar refractivity (Wildman–Crippen MR) is 308 cm³/mol. The Bertz CT molecular complexity index is 3830. The highest BCUT2D eigenvalue weighted by Gasteiger charge is 2.35. The van der Waals surface area contributed by atoms with Gasteiger partial charge in [0.05, 0.1) is 5.69 Å². The van der Waals surface area contributed by atoms with Gasteiger partial charge in [-0.2, -0.15) is 0 Å². The van der Waals surface area contributed by atoms with E-state index < -0.39 is 0 Å². The van der Waals surface area contributed by atoms with E-state index in [-0.39, 0.29) is 16.2 Å². The summed E-state index contributed by atoms with van der Waals surface area (Å²) in [5.41, 5.74) is 21.2. The van der Waals surface area contributed by atoms with Gasteiger partial charge in [-0.25, -0.2) is 0 Å². The molecule has 0 unspecified atom stereocenters. The van der Waals surface area contributed by atoms with Crippen molar-refractivity contribution in [3.05, 3.63) is 235 Å². The second-order valence-electron chi connectivity index (χ2n) is 22.2. The van der Waals surface area contributed by atoms with Crippen LogP contribution in [0.25, 0.3) is 86.6 Å². The first-order chi connectivity index (χ1) is 34.2. The zero-order valence-corrected chi connectivity index (χ0v) is 42.9. The SMILES string of the molecule is CC(C)(C)c1cc(-c2cccc3cccc(-c4ccccc4N(c4ccc(-c5ccc6c(c5)C(C)(C)c5ccccc5-6)cc4)c4cccc(-c5cccc6sc7ccccc7c56)c4)c23)cc(C(C)(C)C)c1. The van der Waals surface area contributed by atoms with E-state index >= 15 is 0 Å². The van der Waals surface area contributed by atoms with E-state index in [1.165, 1.54) is 109 Å². The molecule has 0 aliphatic heterocycles. The van der Waals surface area contributed by atoms with Gasteiger partial charge in [0.25, 0.3) is 0 Å². The van der Waals surface area contributed by atoms with Crippen LogP contribution in [0.3, 0.4) is 0 Å². The number of thiophene rings is 1. The topological polar surface area (TPSA) is 3.24 Å². The molecule has 0 radical (unpaired) electrons. The lowest BCUT2D eigenvalue weighted by atomic mass is 9.78. The number of hydrogen-bond donors (Lipinski definition) is 0. The fraction of sp³-hybridized carbons (Fsp3) is 0.159. The maximum absolute atomic E-state index is 2.48. The molecule has 10 aromatic carbocycles. The van der Waals surface area contributed by atoms with Crippen molar-refractivity contribution in [3.63, 3.8) is 0 Å². The zero-order chi connectivity index (χ0) is 48.8. The molecule has 0 saturated carbocycles. The molecule has 12 rings (SSSR count). The molecule has 0 spiro atoms. The minimum atomic E-state index is -0.0706. The Hall–Kier alpha value is -7.52. The van der Waals surface area contributed by atoms with Crippen molar-refractivity contribution >= 4 is 59.3 Å². The molecule has 0 amide bonds. The van der Waals surface area contributed by atoms with Crippen molar-refractivity contribution in [2.75, 3.05) is 4.90 Å². The largest absolute Gasteiger partial charge is 0.310 e. The molecule has 1 aliphatic rings. The fourth-order valence-electron chi connectivity index (χ4n) is 11.3. The number of nitrogens with zero attached hydrogens (tertiary/aromatic N) is 1. The number of hydrogen-bond acceptors (Lipinski definition) is 2. The van der Waals surface area contributed by atoms with Crippen molar-refractivity contribution in [1.82, 2.24) is 0 Å². The van der Waals surface area contributed by atoms with Gasteiger partial charge in [0.2, 0.25) is 0 Å². The van der Waals surface area contributed by atoms with Gasteiger partial charge in [-0.15, -0.1) is 11.3 Å². The number of fused-ring (bicyclic) bond motifs is 7. The van der Waals surface area contributed by atoms with Crippen LogP contribution in [0.4, 0.5) is 17.1 Å². The molecular weight excluding hydrogens is 875 g/mol. The smallest absolute Gasteiger partial charge is 0.0540 e. The van der Waals surface area contributed by atoms with Crippen LogP contribution in [0.15, 0.2) is 212 Å².